The molecule has 0 N–H and O–H groups in total. The van der Waals surface area contributed by atoms with Gasteiger partial charge in [0, 0.05) is 11.8 Å². The van der Waals surface area contributed by atoms with Crippen LogP contribution in [0, 0.1) is 12.1 Å². The maximum Gasteiger partial charge on any atom is 0.106 e. The van der Waals surface area contributed by atoms with Crippen LogP contribution in [0.2, 0.25) is 0 Å². The number of likely N-dealkylation sites (tertiary alicyclic amines) is 1. The summed E-state index contributed by atoms with van der Waals surface area (Å²) in [6, 6.07) is 10.5. The van der Waals surface area contributed by atoms with Gasteiger partial charge in [0.05, 0.1) is 11.3 Å². The Morgan fingerprint density at radius 3 is 2.89 bits per heavy atom. The first-order chi connectivity index (χ1) is 9.29. The van der Waals surface area contributed by atoms with Crippen LogP contribution in [0.1, 0.15) is 37.3 Å². The van der Waals surface area contributed by atoms with Gasteiger partial charge in [-0.2, -0.15) is 0 Å². The van der Waals surface area contributed by atoms with Crippen LogP contribution in [0.4, 0.5) is 0 Å². The molecule has 1 aliphatic heterocycles. The minimum atomic E-state index is 0.254. The summed E-state index contributed by atoms with van der Waals surface area (Å²) in [6.07, 6.45) is 3.39. The lowest BCUT2D eigenvalue weighted by Gasteiger charge is -2.39. The Morgan fingerprint density at radius 1 is 1.42 bits per heavy atom. The van der Waals surface area contributed by atoms with Gasteiger partial charge in [-0.3, -0.25) is 0 Å². The van der Waals surface area contributed by atoms with Gasteiger partial charge in [0.1, 0.15) is 7.11 Å². The summed E-state index contributed by atoms with van der Waals surface area (Å²) in [5, 5.41) is 4.21. The molecular weight excluding hydrogens is 236 g/mol. The van der Waals surface area contributed by atoms with E-state index in [-0.39, 0.29) is 5.41 Å². The number of hydrogen-bond acceptors (Lipinski definition) is 3. The van der Waals surface area contributed by atoms with Gasteiger partial charge in [-0.15, -0.1) is 0 Å². The Labute approximate surface area is 115 Å². The zero-order valence-electron chi connectivity index (χ0n) is 11.7. The highest BCUT2D eigenvalue weighted by Gasteiger charge is 2.44. The highest BCUT2D eigenvalue weighted by atomic mass is 16.6. The second-order valence-corrected chi connectivity index (χ2v) is 5.50. The van der Waals surface area contributed by atoms with Crippen molar-refractivity contribution >= 4 is 5.71 Å². The van der Waals surface area contributed by atoms with Crippen molar-refractivity contribution in [3.8, 4) is 0 Å². The zero-order chi connectivity index (χ0) is 13.3. The molecule has 1 saturated heterocycles. The molecule has 0 bridgehead atoms. The standard InChI is InChI=1S/C16H20N2O/c1-3-18-10-8-16(9-11-18)12-15(17-19-2)13-6-4-5-7-14(13)16/h5,7H,3,8-12H2,1-2H3. The molecule has 1 heterocycles. The molecule has 2 aliphatic rings. The minimum Gasteiger partial charge on any atom is -0.399 e. The molecular formula is C16H20N2O. The summed E-state index contributed by atoms with van der Waals surface area (Å²) in [5.74, 6) is 0. The van der Waals surface area contributed by atoms with Gasteiger partial charge >= 0.3 is 0 Å². The topological polar surface area (TPSA) is 24.8 Å². The predicted octanol–water partition coefficient (Wildman–Crippen LogP) is 2.39. The summed E-state index contributed by atoms with van der Waals surface area (Å²) in [6.45, 7) is 5.74. The van der Waals surface area contributed by atoms with E-state index in [0.29, 0.717) is 0 Å². The number of fused-ring (bicyclic) bond motifs is 2. The monoisotopic (exact) mass is 256 g/mol. The molecule has 0 unspecified atom stereocenters. The molecule has 19 heavy (non-hydrogen) atoms. The van der Waals surface area contributed by atoms with E-state index in [4.69, 9.17) is 4.84 Å². The first kappa shape index (κ1) is 12.5. The molecule has 0 radical (unpaired) electrons. The quantitative estimate of drug-likeness (QED) is 0.759. The second-order valence-electron chi connectivity index (χ2n) is 5.50. The Balaban J connectivity index is 1.95. The fourth-order valence-electron chi connectivity index (χ4n) is 3.49. The smallest absolute Gasteiger partial charge is 0.106 e. The molecule has 1 aromatic rings. The Bertz CT molecular complexity index is 487. The molecule has 1 aromatic carbocycles. The summed E-state index contributed by atoms with van der Waals surface area (Å²) in [4.78, 5) is 7.53. The van der Waals surface area contributed by atoms with Crippen LogP contribution in [0.25, 0.3) is 0 Å². The lowest BCUT2D eigenvalue weighted by Crippen LogP contribution is -2.41. The maximum absolute atomic E-state index is 5.00. The lowest BCUT2D eigenvalue weighted by atomic mass is 9.74. The van der Waals surface area contributed by atoms with Gasteiger partial charge in [-0.1, -0.05) is 24.2 Å². The van der Waals surface area contributed by atoms with Crippen molar-refractivity contribution in [2.75, 3.05) is 26.7 Å². The van der Waals surface area contributed by atoms with Gasteiger partial charge in [0.15, 0.2) is 0 Å². The van der Waals surface area contributed by atoms with Crippen LogP contribution >= 0.6 is 0 Å². The molecule has 3 nitrogen and oxygen atoms in total. The fraction of sp³-hybridized carbons (Fsp3) is 0.562. The molecule has 0 atom stereocenters. The summed E-state index contributed by atoms with van der Waals surface area (Å²) in [7, 11) is 1.62. The maximum atomic E-state index is 5.00. The van der Waals surface area contributed by atoms with E-state index < -0.39 is 0 Å². The second kappa shape index (κ2) is 4.86. The zero-order valence-corrected chi connectivity index (χ0v) is 11.7. The molecule has 0 aromatic heterocycles. The van der Waals surface area contributed by atoms with Crippen molar-refractivity contribution in [2.45, 2.75) is 31.6 Å². The average molecular weight is 256 g/mol. The van der Waals surface area contributed by atoms with E-state index in [1.165, 1.54) is 31.5 Å². The van der Waals surface area contributed by atoms with Crippen molar-refractivity contribution in [3.63, 3.8) is 0 Å². The van der Waals surface area contributed by atoms with Crippen LogP contribution in [0.5, 0.6) is 0 Å². The van der Waals surface area contributed by atoms with Crippen molar-refractivity contribution < 1.29 is 4.84 Å². The van der Waals surface area contributed by atoms with Crippen LogP contribution < -0.4 is 0 Å². The number of piperidine rings is 1. The SMILES string of the molecule is CCN1CCC2(CC1)CC(=NOC)c1c#cccc12. The number of oxime groups is 1. The molecule has 1 spiro atoms. The molecule has 0 amide bonds. The van der Waals surface area contributed by atoms with Crippen molar-refractivity contribution in [3.05, 3.63) is 35.4 Å². The van der Waals surface area contributed by atoms with Gasteiger partial charge in [0.2, 0.25) is 0 Å². The van der Waals surface area contributed by atoms with Crippen molar-refractivity contribution in [1.29, 1.82) is 0 Å². The van der Waals surface area contributed by atoms with E-state index in [1.54, 1.807) is 7.11 Å². The third kappa shape index (κ3) is 2.01. The minimum absolute atomic E-state index is 0.254. The predicted molar refractivity (Wildman–Crippen MR) is 75.3 cm³/mol. The Kier molecular flexibility index (Phi) is 3.20. The number of hydrogen-bond donors (Lipinski definition) is 0. The third-order valence-electron chi connectivity index (χ3n) is 4.63. The van der Waals surface area contributed by atoms with Crippen LogP contribution in [0.15, 0.2) is 17.3 Å². The van der Waals surface area contributed by atoms with Crippen LogP contribution in [-0.4, -0.2) is 37.4 Å². The summed E-state index contributed by atoms with van der Waals surface area (Å²) < 4.78 is 0. The van der Waals surface area contributed by atoms with Crippen LogP contribution in [-0.2, 0) is 10.3 Å². The lowest BCUT2D eigenvalue weighted by molar-refractivity contribution is 0.170. The van der Waals surface area contributed by atoms with E-state index in [9.17, 15) is 0 Å². The highest BCUT2D eigenvalue weighted by Crippen LogP contribution is 2.45. The molecule has 3 rings (SSSR count). The molecule has 1 fully saturated rings. The van der Waals surface area contributed by atoms with Gasteiger partial charge in [0.25, 0.3) is 0 Å². The van der Waals surface area contributed by atoms with Gasteiger partial charge in [-0.05, 0) is 50.2 Å². The highest BCUT2D eigenvalue weighted by molar-refractivity contribution is 6.05. The van der Waals surface area contributed by atoms with Crippen molar-refractivity contribution in [2.24, 2.45) is 5.16 Å². The Hall–Kier alpha value is -1.53. The van der Waals surface area contributed by atoms with Gasteiger partial charge in [-0.25, -0.2) is 0 Å². The average Bonchev–Trinajstić information content (AvgIpc) is 2.75. The van der Waals surface area contributed by atoms with E-state index in [1.807, 2.05) is 6.07 Å². The first-order valence-electron chi connectivity index (χ1n) is 7.05. The normalized spacial score (nSPS) is 23.4. The summed E-state index contributed by atoms with van der Waals surface area (Å²) >= 11 is 0. The van der Waals surface area contributed by atoms with Gasteiger partial charge < -0.3 is 9.74 Å². The third-order valence-corrected chi connectivity index (χ3v) is 4.63. The molecule has 100 valence electrons. The fourth-order valence-corrected chi connectivity index (χ4v) is 3.49. The molecule has 3 heteroatoms. The largest absolute Gasteiger partial charge is 0.399 e. The number of nitrogens with zero attached hydrogens (tertiary/aromatic N) is 2. The van der Waals surface area contributed by atoms with E-state index in [2.05, 4.69) is 35.2 Å². The van der Waals surface area contributed by atoms with Crippen molar-refractivity contribution in [1.82, 2.24) is 4.90 Å². The summed E-state index contributed by atoms with van der Waals surface area (Å²) in [5.41, 5.74) is 3.82. The van der Waals surface area contributed by atoms with E-state index in [0.717, 1.165) is 24.2 Å². The Morgan fingerprint density at radius 2 is 2.21 bits per heavy atom. The molecule has 0 saturated carbocycles. The van der Waals surface area contributed by atoms with Crippen LogP contribution in [0.3, 0.4) is 0 Å². The molecule has 1 aliphatic carbocycles. The first-order valence-corrected chi connectivity index (χ1v) is 7.05. The number of rotatable bonds is 2. The van der Waals surface area contributed by atoms with E-state index >= 15 is 0 Å².